The van der Waals surface area contributed by atoms with E-state index in [9.17, 15) is 14.9 Å². The van der Waals surface area contributed by atoms with Crippen molar-refractivity contribution >= 4 is 33.2 Å². The van der Waals surface area contributed by atoms with E-state index in [4.69, 9.17) is 9.47 Å². The first kappa shape index (κ1) is 18.7. The lowest BCUT2D eigenvalue weighted by molar-refractivity contribution is -0.384. The van der Waals surface area contributed by atoms with Gasteiger partial charge in [-0.1, -0.05) is 15.9 Å². The number of anilines is 1. The number of ether oxygens (including phenoxy) is 2. The first-order chi connectivity index (χ1) is 11.8. The maximum atomic E-state index is 12.7. The van der Waals surface area contributed by atoms with Gasteiger partial charge in [0, 0.05) is 16.6 Å². The fraction of sp³-hybridized carbons (Fsp3) is 0.235. The molecule has 0 aromatic heterocycles. The molecule has 0 aliphatic carbocycles. The molecule has 1 N–H and O–H groups in total. The Morgan fingerprint density at radius 1 is 1.20 bits per heavy atom. The number of amides is 1. The van der Waals surface area contributed by atoms with Crippen molar-refractivity contribution in [2.75, 3.05) is 12.4 Å². The normalized spacial score (nSPS) is 10.4. The zero-order chi connectivity index (χ0) is 18.6. The third-order valence-corrected chi connectivity index (χ3v) is 3.68. The van der Waals surface area contributed by atoms with Crippen molar-refractivity contribution in [3.8, 4) is 11.5 Å². The van der Waals surface area contributed by atoms with Crippen LogP contribution in [0.15, 0.2) is 40.9 Å². The van der Waals surface area contributed by atoms with Crippen molar-refractivity contribution in [2.45, 2.75) is 20.0 Å². The molecule has 2 aromatic carbocycles. The van der Waals surface area contributed by atoms with E-state index in [-0.39, 0.29) is 17.5 Å². The second-order valence-corrected chi connectivity index (χ2v) is 6.32. The van der Waals surface area contributed by atoms with Crippen LogP contribution in [0.25, 0.3) is 0 Å². The van der Waals surface area contributed by atoms with E-state index in [1.54, 1.807) is 18.2 Å². The Bertz CT molecular complexity index is 808. The molecule has 0 bridgehead atoms. The first-order valence-electron chi connectivity index (χ1n) is 7.41. The molecule has 0 fully saturated rings. The number of nitrogens with one attached hydrogen (secondary N) is 1. The lowest BCUT2D eigenvalue weighted by Crippen LogP contribution is -2.16. The van der Waals surface area contributed by atoms with Crippen LogP contribution in [0.1, 0.15) is 24.2 Å². The molecule has 132 valence electrons. The van der Waals surface area contributed by atoms with E-state index in [0.717, 1.165) is 0 Å². The van der Waals surface area contributed by atoms with Crippen LogP contribution in [0.3, 0.4) is 0 Å². The summed E-state index contributed by atoms with van der Waals surface area (Å²) in [6.45, 7) is 3.71. The number of carbonyl (C=O) groups excluding carboxylic acids is 1. The SMILES string of the molecule is COc1ccc([N+](=O)[O-])cc1NC(=O)c1cc(Br)ccc1OC(C)C. The minimum atomic E-state index is -0.540. The molecule has 8 heteroatoms. The third kappa shape index (κ3) is 4.69. The van der Waals surface area contributed by atoms with Crippen LogP contribution in [-0.4, -0.2) is 24.0 Å². The standard InChI is InChI=1S/C17H17BrN2O5/c1-10(2)25-15-6-4-11(18)8-13(15)17(21)19-14-9-12(20(22)23)5-7-16(14)24-3/h4-10H,1-3H3,(H,19,21). The van der Waals surface area contributed by atoms with Gasteiger partial charge in [0.25, 0.3) is 11.6 Å². The van der Waals surface area contributed by atoms with E-state index in [1.807, 2.05) is 13.8 Å². The van der Waals surface area contributed by atoms with Crippen LogP contribution in [0.5, 0.6) is 11.5 Å². The molecule has 0 unspecified atom stereocenters. The highest BCUT2D eigenvalue weighted by atomic mass is 79.9. The summed E-state index contributed by atoms with van der Waals surface area (Å²) >= 11 is 3.33. The fourth-order valence-electron chi connectivity index (χ4n) is 2.13. The van der Waals surface area contributed by atoms with Gasteiger partial charge >= 0.3 is 0 Å². The number of non-ortho nitro benzene ring substituents is 1. The zero-order valence-corrected chi connectivity index (χ0v) is 15.5. The van der Waals surface area contributed by atoms with Gasteiger partial charge in [-0.25, -0.2) is 0 Å². The maximum absolute atomic E-state index is 12.7. The molecular weight excluding hydrogens is 392 g/mol. The average Bonchev–Trinajstić information content (AvgIpc) is 2.55. The first-order valence-corrected chi connectivity index (χ1v) is 8.21. The molecule has 0 aliphatic heterocycles. The Morgan fingerprint density at radius 2 is 1.88 bits per heavy atom. The fourth-order valence-corrected chi connectivity index (χ4v) is 2.49. The van der Waals surface area contributed by atoms with Crippen LogP contribution in [0.4, 0.5) is 11.4 Å². The number of halogens is 1. The number of rotatable bonds is 6. The molecule has 0 saturated heterocycles. The molecule has 0 saturated carbocycles. The summed E-state index contributed by atoms with van der Waals surface area (Å²) in [5.41, 5.74) is 0.359. The van der Waals surface area contributed by atoms with Crippen molar-refractivity contribution in [1.29, 1.82) is 0 Å². The van der Waals surface area contributed by atoms with E-state index < -0.39 is 10.8 Å². The van der Waals surface area contributed by atoms with Gasteiger partial charge in [0.2, 0.25) is 0 Å². The van der Waals surface area contributed by atoms with Crippen LogP contribution in [-0.2, 0) is 0 Å². The number of methoxy groups -OCH3 is 1. The van der Waals surface area contributed by atoms with Gasteiger partial charge in [0.05, 0.1) is 29.4 Å². The van der Waals surface area contributed by atoms with Gasteiger partial charge in [0.15, 0.2) is 0 Å². The van der Waals surface area contributed by atoms with Crippen LogP contribution < -0.4 is 14.8 Å². The van der Waals surface area contributed by atoms with E-state index >= 15 is 0 Å². The van der Waals surface area contributed by atoms with Gasteiger partial charge < -0.3 is 14.8 Å². The lowest BCUT2D eigenvalue weighted by atomic mass is 10.1. The van der Waals surface area contributed by atoms with Crippen LogP contribution in [0.2, 0.25) is 0 Å². The van der Waals surface area contributed by atoms with Crippen molar-refractivity contribution in [3.63, 3.8) is 0 Å². The number of hydrogen-bond acceptors (Lipinski definition) is 5. The molecule has 0 heterocycles. The Kier molecular flexibility index (Phi) is 5.97. The molecule has 2 aromatic rings. The Hall–Kier alpha value is -2.61. The average molecular weight is 409 g/mol. The lowest BCUT2D eigenvalue weighted by Gasteiger charge is -2.15. The number of carbonyl (C=O) groups is 1. The van der Waals surface area contributed by atoms with Crippen LogP contribution in [0, 0.1) is 10.1 Å². The number of hydrogen-bond donors (Lipinski definition) is 1. The number of nitro benzene ring substituents is 1. The third-order valence-electron chi connectivity index (χ3n) is 3.19. The summed E-state index contributed by atoms with van der Waals surface area (Å²) < 4.78 is 11.5. The largest absolute Gasteiger partial charge is 0.495 e. The quantitative estimate of drug-likeness (QED) is 0.564. The Balaban J connectivity index is 2.38. The van der Waals surface area contributed by atoms with Crippen molar-refractivity contribution in [3.05, 3.63) is 56.5 Å². The minimum Gasteiger partial charge on any atom is -0.495 e. The maximum Gasteiger partial charge on any atom is 0.271 e. The van der Waals surface area contributed by atoms with Crippen LogP contribution >= 0.6 is 15.9 Å². The van der Waals surface area contributed by atoms with E-state index in [0.29, 0.717) is 21.5 Å². The van der Waals surface area contributed by atoms with Crippen molar-refractivity contribution in [2.24, 2.45) is 0 Å². The molecular formula is C17H17BrN2O5. The molecule has 7 nitrogen and oxygen atoms in total. The number of benzene rings is 2. The highest BCUT2D eigenvalue weighted by molar-refractivity contribution is 9.10. The Labute approximate surface area is 153 Å². The molecule has 2 rings (SSSR count). The summed E-state index contributed by atoms with van der Waals surface area (Å²) in [7, 11) is 1.42. The van der Waals surface area contributed by atoms with E-state index in [1.165, 1.54) is 25.3 Å². The highest BCUT2D eigenvalue weighted by Crippen LogP contribution is 2.31. The van der Waals surface area contributed by atoms with Crippen molar-refractivity contribution < 1.29 is 19.2 Å². The zero-order valence-electron chi connectivity index (χ0n) is 13.9. The Morgan fingerprint density at radius 3 is 2.48 bits per heavy atom. The highest BCUT2D eigenvalue weighted by Gasteiger charge is 2.18. The molecule has 1 amide bonds. The number of nitro groups is 1. The molecule has 25 heavy (non-hydrogen) atoms. The monoisotopic (exact) mass is 408 g/mol. The van der Waals surface area contributed by atoms with E-state index in [2.05, 4.69) is 21.2 Å². The minimum absolute atomic E-state index is 0.111. The summed E-state index contributed by atoms with van der Waals surface area (Å²) in [4.78, 5) is 23.1. The smallest absolute Gasteiger partial charge is 0.271 e. The van der Waals surface area contributed by atoms with Gasteiger partial charge in [-0.3, -0.25) is 14.9 Å². The summed E-state index contributed by atoms with van der Waals surface area (Å²) in [6, 6.07) is 9.06. The number of nitrogens with zero attached hydrogens (tertiary/aromatic N) is 1. The van der Waals surface area contributed by atoms with Gasteiger partial charge in [-0.05, 0) is 38.1 Å². The molecule has 0 spiro atoms. The topological polar surface area (TPSA) is 90.7 Å². The van der Waals surface area contributed by atoms with Gasteiger partial charge in [0.1, 0.15) is 11.5 Å². The van der Waals surface area contributed by atoms with Gasteiger partial charge in [-0.2, -0.15) is 0 Å². The predicted octanol–water partition coefficient (Wildman–Crippen LogP) is 4.41. The second kappa shape index (κ2) is 7.98. The summed E-state index contributed by atoms with van der Waals surface area (Å²) in [5, 5.41) is 13.6. The molecule has 0 aliphatic rings. The molecule has 0 atom stereocenters. The summed E-state index contributed by atoms with van der Waals surface area (Å²) in [5.74, 6) is 0.274. The molecule has 0 radical (unpaired) electrons. The van der Waals surface area contributed by atoms with Gasteiger partial charge in [-0.15, -0.1) is 0 Å². The predicted molar refractivity (Wildman–Crippen MR) is 97.5 cm³/mol. The van der Waals surface area contributed by atoms with Crippen molar-refractivity contribution in [1.82, 2.24) is 0 Å². The summed E-state index contributed by atoms with van der Waals surface area (Å²) in [6.07, 6.45) is -0.111. The second-order valence-electron chi connectivity index (χ2n) is 5.40.